The molecule has 0 spiro atoms. The molecule has 0 aromatic heterocycles. The molecular formula is C9H11NO5. The third-order valence-corrected chi connectivity index (χ3v) is 1.77. The van der Waals surface area contributed by atoms with Gasteiger partial charge in [0.25, 0.3) is 0 Å². The van der Waals surface area contributed by atoms with Gasteiger partial charge in [0.15, 0.2) is 0 Å². The molecular weight excluding hydrogens is 202 g/mol. The van der Waals surface area contributed by atoms with Gasteiger partial charge in [-0.25, -0.2) is 9.59 Å². The summed E-state index contributed by atoms with van der Waals surface area (Å²) in [6, 6.07) is -0.742. The van der Waals surface area contributed by atoms with Crippen LogP contribution in [0.3, 0.4) is 0 Å². The molecule has 0 aromatic rings. The van der Waals surface area contributed by atoms with Crippen molar-refractivity contribution in [3.8, 4) is 0 Å². The zero-order valence-electron chi connectivity index (χ0n) is 8.02. The zero-order chi connectivity index (χ0) is 11.3. The molecule has 0 saturated carbocycles. The highest BCUT2D eigenvalue weighted by Gasteiger charge is 2.32. The van der Waals surface area contributed by atoms with Crippen molar-refractivity contribution in [1.29, 1.82) is 0 Å². The fourth-order valence-corrected chi connectivity index (χ4v) is 1.07. The molecule has 0 aromatic carbocycles. The lowest BCUT2D eigenvalue weighted by Gasteiger charge is -2.04. The summed E-state index contributed by atoms with van der Waals surface area (Å²) in [5, 5.41) is 2.28. The number of ether oxygens (including phenoxy) is 2. The van der Waals surface area contributed by atoms with Crippen LogP contribution in [-0.4, -0.2) is 30.7 Å². The van der Waals surface area contributed by atoms with E-state index < -0.39 is 24.1 Å². The summed E-state index contributed by atoms with van der Waals surface area (Å²) in [4.78, 5) is 32.5. The number of carbonyl (C=O) groups is 3. The van der Waals surface area contributed by atoms with E-state index in [9.17, 15) is 14.4 Å². The highest BCUT2D eigenvalue weighted by atomic mass is 16.6. The van der Waals surface area contributed by atoms with Crippen LogP contribution in [-0.2, 0) is 19.1 Å². The summed E-state index contributed by atoms with van der Waals surface area (Å²) >= 11 is 0. The standard InChI is InChI=1S/C9H11NO5/c1-2-5-14-7(11)4-3-6-8(12)15-9(13)10-6/h2,6H,1,3-5H2,(H,10,13)/t6-/m0/s1. The van der Waals surface area contributed by atoms with Gasteiger partial charge >= 0.3 is 18.0 Å². The van der Waals surface area contributed by atoms with Crippen LogP contribution in [0.5, 0.6) is 0 Å². The number of cyclic esters (lactones) is 2. The molecule has 6 nitrogen and oxygen atoms in total. The first-order valence-electron chi connectivity index (χ1n) is 4.42. The molecule has 0 unspecified atom stereocenters. The number of nitrogens with one attached hydrogen (secondary N) is 1. The third-order valence-electron chi connectivity index (χ3n) is 1.77. The van der Waals surface area contributed by atoms with E-state index in [0.29, 0.717) is 0 Å². The molecule has 6 heteroatoms. The molecule has 1 N–H and O–H groups in total. The minimum absolute atomic E-state index is 0.0495. The number of esters is 2. The summed E-state index contributed by atoms with van der Waals surface area (Å²) in [6.07, 6.45) is 0.905. The molecule has 1 amide bonds. The number of hydrogen-bond acceptors (Lipinski definition) is 5. The van der Waals surface area contributed by atoms with E-state index in [1.54, 1.807) is 0 Å². The third kappa shape index (κ3) is 3.41. The van der Waals surface area contributed by atoms with Crippen LogP contribution in [0.1, 0.15) is 12.8 Å². The second-order valence-corrected chi connectivity index (χ2v) is 2.92. The monoisotopic (exact) mass is 213 g/mol. The lowest BCUT2D eigenvalue weighted by Crippen LogP contribution is -2.29. The van der Waals surface area contributed by atoms with Crippen LogP contribution < -0.4 is 5.32 Å². The Morgan fingerprint density at radius 1 is 1.60 bits per heavy atom. The summed E-state index contributed by atoms with van der Waals surface area (Å²) in [7, 11) is 0. The Bertz CT molecular complexity index is 299. The molecule has 82 valence electrons. The predicted molar refractivity (Wildman–Crippen MR) is 48.8 cm³/mol. The van der Waals surface area contributed by atoms with Gasteiger partial charge in [0.1, 0.15) is 12.6 Å². The summed E-state index contributed by atoms with van der Waals surface area (Å²) < 4.78 is 8.92. The maximum Gasteiger partial charge on any atom is 0.415 e. The van der Waals surface area contributed by atoms with E-state index in [1.807, 2.05) is 0 Å². The van der Waals surface area contributed by atoms with Crippen molar-refractivity contribution in [2.24, 2.45) is 0 Å². The molecule has 0 radical (unpaired) electrons. The Hall–Kier alpha value is -1.85. The van der Waals surface area contributed by atoms with Gasteiger partial charge in [-0.15, -0.1) is 0 Å². The average Bonchev–Trinajstić information content (AvgIpc) is 2.51. The van der Waals surface area contributed by atoms with Crippen LogP contribution in [0.2, 0.25) is 0 Å². The number of amides is 1. The number of hydrogen-bond donors (Lipinski definition) is 1. The zero-order valence-corrected chi connectivity index (χ0v) is 8.02. The second-order valence-electron chi connectivity index (χ2n) is 2.92. The maximum atomic E-state index is 11.0. The SMILES string of the molecule is C=CCOC(=O)CC[C@@H]1NC(=O)OC1=O. The smallest absolute Gasteiger partial charge is 0.415 e. The van der Waals surface area contributed by atoms with E-state index in [2.05, 4.69) is 16.6 Å². The topological polar surface area (TPSA) is 81.7 Å². The Morgan fingerprint density at radius 2 is 2.33 bits per heavy atom. The summed E-state index contributed by atoms with van der Waals surface area (Å²) in [6.45, 7) is 3.52. The van der Waals surface area contributed by atoms with E-state index >= 15 is 0 Å². The molecule has 1 fully saturated rings. The Morgan fingerprint density at radius 3 is 2.87 bits per heavy atom. The molecule has 0 bridgehead atoms. The van der Waals surface area contributed by atoms with Gasteiger partial charge in [-0.3, -0.25) is 4.79 Å². The highest BCUT2D eigenvalue weighted by molar-refractivity contribution is 5.95. The minimum atomic E-state index is -0.774. The fourth-order valence-electron chi connectivity index (χ4n) is 1.07. The largest absolute Gasteiger partial charge is 0.461 e. The van der Waals surface area contributed by atoms with Crippen molar-refractivity contribution in [2.45, 2.75) is 18.9 Å². The van der Waals surface area contributed by atoms with Crippen LogP contribution in [0.25, 0.3) is 0 Å². The first-order valence-corrected chi connectivity index (χ1v) is 4.42. The molecule has 1 atom stereocenters. The Kier molecular flexibility index (Phi) is 3.84. The molecule has 15 heavy (non-hydrogen) atoms. The first-order chi connectivity index (χ1) is 7.13. The van der Waals surface area contributed by atoms with E-state index in [0.717, 1.165) is 0 Å². The van der Waals surface area contributed by atoms with Gasteiger partial charge in [0.2, 0.25) is 0 Å². The first kappa shape index (κ1) is 11.2. The fraction of sp³-hybridized carbons (Fsp3) is 0.444. The van der Waals surface area contributed by atoms with E-state index in [1.165, 1.54) is 6.08 Å². The Balaban J connectivity index is 2.25. The molecule has 1 aliphatic rings. The van der Waals surface area contributed by atoms with Crippen molar-refractivity contribution in [1.82, 2.24) is 5.32 Å². The van der Waals surface area contributed by atoms with E-state index in [-0.39, 0.29) is 19.4 Å². The van der Waals surface area contributed by atoms with Gasteiger partial charge in [-0.05, 0) is 6.42 Å². The molecule has 0 aliphatic carbocycles. The lowest BCUT2D eigenvalue weighted by molar-refractivity contribution is -0.142. The number of carbonyl (C=O) groups excluding carboxylic acids is 3. The van der Waals surface area contributed by atoms with Crippen molar-refractivity contribution in [3.63, 3.8) is 0 Å². The van der Waals surface area contributed by atoms with Gasteiger partial charge in [-0.2, -0.15) is 0 Å². The summed E-state index contributed by atoms with van der Waals surface area (Å²) in [5.74, 6) is -1.10. The van der Waals surface area contributed by atoms with Crippen LogP contribution in [0, 0.1) is 0 Å². The molecule has 1 heterocycles. The second kappa shape index (κ2) is 5.14. The molecule has 1 rings (SSSR count). The lowest BCUT2D eigenvalue weighted by atomic mass is 10.2. The van der Waals surface area contributed by atoms with Crippen molar-refractivity contribution in [2.75, 3.05) is 6.61 Å². The van der Waals surface area contributed by atoms with Gasteiger partial charge in [0.05, 0.1) is 0 Å². The van der Waals surface area contributed by atoms with Crippen molar-refractivity contribution >= 4 is 18.0 Å². The molecule has 1 saturated heterocycles. The van der Waals surface area contributed by atoms with Gasteiger partial charge in [0, 0.05) is 6.42 Å². The van der Waals surface area contributed by atoms with Gasteiger partial charge < -0.3 is 14.8 Å². The normalized spacial score (nSPS) is 19.3. The average molecular weight is 213 g/mol. The van der Waals surface area contributed by atoms with Crippen LogP contribution >= 0.6 is 0 Å². The quantitative estimate of drug-likeness (QED) is 0.399. The summed E-state index contributed by atoms with van der Waals surface area (Å²) in [5.41, 5.74) is 0. The minimum Gasteiger partial charge on any atom is -0.461 e. The Labute approximate surface area is 86.2 Å². The van der Waals surface area contributed by atoms with Gasteiger partial charge in [-0.1, -0.05) is 12.7 Å². The number of alkyl carbamates (subject to hydrolysis) is 1. The molecule has 1 aliphatic heterocycles. The number of rotatable bonds is 5. The van der Waals surface area contributed by atoms with Crippen molar-refractivity contribution < 1.29 is 23.9 Å². The van der Waals surface area contributed by atoms with E-state index in [4.69, 9.17) is 4.74 Å². The maximum absolute atomic E-state index is 11.0. The van der Waals surface area contributed by atoms with Crippen LogP contribution in [0.4, 0.5) is 4.79 Å². The predicted octanol–water partition coefficient (Wildman–Crippen LogP) is 0.131. The highest BCUT2D eigenvalue weighted by Crippen LogP contribution is 2.07. The van der Waals surface area contributed by atoms with Crippen molar-refractivity contribution in [3.05, 3.63) is 12.7 Å². The van der Waals surface area contributed by atoms with Crippen LogP contribution in [0.15, 0.2) is 12.7 Å².